The molecule has 1 aliphatic carbocycles. The standard InChI is InChI=1S/C14H16FNO3/c15-11-6-2-1-4-9(11)8-13(17)16-12-7-3-5-10(12)14(18)19/h1-2,4,6,10,12H,3,5,7-8H2,(H,16,17)(H,18,19)/t10-,12+/m1/s1. The molecule has 0 spiro atoms. The Bertz CT molecular complexity index is 489. The van der Waals surface area contributed by atoms with E-state index in [2.05, 4.69) is 5.32 Å². The lowest BCUT2D eigenvalue weighted by Crippen LogP contribution is -2.40. The van der Waals surface area contributed by atoms with Crippen LogP contribution in [-0.4, -0.2) is 23.0 Å². The van der Waals surface area contributed by atoms with Crippen LogP contribution in [0.15, 0.2) is 24.3 Å². The zero-order chi connectivity index (χ0) is 13.8. The van der Waals surface area contributed by atoms with E-state index in [1.165, 1.54) is 6.07 Å². The Labute approximate surface area is 110 Å². The molecule has 2 N–H and O–H groups in total. The van der Waals surface area contributed by atoms with Crippen LogP contribution < -0.4 is 5.32 Å². The number of rotatable bonds is 4. The minimum absolute atomic E-state index is 0.0600. The van der Waals surface area contributed by atoms with Crippen molar-refractivity contribution in [2.75, 3.05) is 0 Å². The minimum Gasteiger partial charge on any atom is -0.481 e. The SMILES string of the molecule is O=C(Cc1ccccc1F)N[C@H]1CCC[C@H]1C(=O)O. The molecule has 102 valence electrons. The third-order valence-electron chi connectivity index (χ3n) is 3.49. The summed E-state index contributed by atoms with van der Waals surface area (Å²) < 4.78 is 13.4. The van der Waals surface area contributed by atoms with Crippen molar-refractivity contribution in [3.05, 3.63) is 35.6 Å². The van der Waals surface area contributed by atoms with Gasteiger partial charge >= 0.3 is 5.97 Å². The van der Waals surface area contributed by atoms with Crippen LogP contribution in [0.3, 0.4) is 0 Å². The molecular formula is C14H16FNO3. The third kappa shape index (κ3) is 3.30. The summed E-state index contributed by atoms with van der Waals surface area (Å²) in [7, 11) is 0. The number of carboxylic acid groups (broad SMARTS) is 1. The Morgan fingerprint density at radius 2 is 2.05 bits per heavy atom. The van der Waals surface area contributed by atoms with Crippen molar-refractivity contribution >= 4 is 11.9 Å². The molecule has 0 saturated heterocycles. The highest BCUT2D eigenvalue weighted by Gasteiger charge is 2.33. The van der Waals surface area contributed by atoms with E-state index in [-0.39, 0.29) is 18.4 Å². The molecule has 1 fully saturated rings. The summed E-state index contributed by atoms with van der Waals surface area (Å²) in [6.45, 7) is 0. The first-order valence-corrected chi connectivity index (χ1v) is 6.33. The maximum atomic E-state index is 13.4. The molecule has 2 atom stereocenters. The molecule has 1 saturated carbocycles. The number of hydrogen-bond donors (Lipinski definition) is 2. The predicted octanol–water partition coefficient (Wildman–Crippen LogP) is 1.74. The molecule has 19 heavy (non-hydrogen) atoms. The molecule has 1 aromatic carbocycles. The lowest BCUT2D eigenvalue weighted by molar-refractivity contribution is -0.142. The second kappa shape index (κ2) is 5.82. The van der Waals surface area contributed by atoms with Gasteiger partial charge in [0.2, 0.25) is 5.91 Å². The summed E-state index contributed by atoms with van der Waals surface area (Å²) in [5.41, 5.74) is 0.324. The average Bonchev–Trinajstić information content (AvgIpc) is 2.80. The van der Waals surface area contributed by atoms with Crippen LogP contribution in [0, 0.1) is 11.7 Å². The van der Waals surface area contributed by atoms with Crippen LogP contribution in [0.1, 0.15) is 24.8 Å². The average molecular weight is 265 g/mol. The van der Waals surface area contributed by atoms with E-state index >= 15 is 0 Å². The Balaban J connectivity index is 1.95. The number of hydrogen-bond acceptors (Lipinski definition) is 2. The topological polar surface area (TPSA) is 66.4 Å². The molecule has 1 amide bonds. The van der Waals surface area contributed by atoms with Gasteiger partial charge in [-0.05, 0) is 24.5 Å². The monoisotopic (exact) mass is 265 g/mol. The number of aliphatic carboxylic acids is 1. The van der Waals surface area contributed by atoms with Crippen LogP contribution in [0.5, 0.6) is 0 Å². The van der Waals surface area contributed by atoms with Gasteiger partial charge in [0.1, 0.15) is 5.82 Å². The second-order valence-electron chi connectivity index (χ2n) is 4.82. The molecule has 0 heterocycles. The molecule has 1 aromatic rings. The molecule has 4 nitrogen and oxygen atoms in total. The van der Waals surface area contributed by atoms with Crippen molar-refractivity contribution in [1.82, 2.24) is 5.32 Å². The Kier molecular flexibility index (Phi) is 4.14. The maximum Gasteiger partial charge on any atom is 0.308 e. The van der Waals surface area contributed by atoms with Crippen LogP contribution in [-0.2, 0) is 16.0 Å². The van der Waals surface area contributed by atoms with E-state index in [4.69, 9.17) is 5.11 Å². The van der Waals surface area contributed by atoms with Gasteiger partial charge in [0, 0.05) is 6.04 Å². The fourth-order valence-corrected chi connectivity index (χ4v) is 2.50. The smallest absolute Gasteiger partial charge is 0.308 e. The molecule has 5 heteroatoms. The molecule has 1 aliphatic rings. The van der Waals surface area contributed by atoms with Gasteiger partial charge in [-0.25, -0.2) is 4.39 Å². The number of carboxylic acids is 1. The number of amides is 1. The predicted molar refractivity (Wildman–Crippen MR) is 67.0 cm³/mol. The molecular weight excluding hydrogens is 249 g/mol. The van der Waals surface area contributed by atoms with Crippen molar-refractivity contribution in [2.24, 2.45) is 5.92 Å². The van der Waals surface area contributed by atoms with Gasteiger partial charge < -0.3 is 10.4 Å². The van der Waals surface area contributed by atoms with Crippen molar-refractivity contribution in [3.8, 4) is 0 Å². The van der Waals surface area contributed by atoms with Gasteiger partial charge in [-0.2, -0.15) is 0 Å². The van der Waals surface area contributed by atoms with Gasteiger partial charge in [0.15, 0.2) is 0 Å². The maximum absolute atomic E-state index is 13.4. The van der Waals surface area contributed by atoms with Gasteiger partial charge in [-0.15, -0.1) is 0 Å². The van der Waals surface area contributed by atoms with Gasteiger partial charge in [-0.1, -0.05) is 24.6 Å². The quantitative estimate of drug-likeness (QED) is 0.871. The first-order valence-electron chi connectivity index (χ1n) is 6.33. The molecule has 0 bridgehead atoms. The highest BCUT2D eigenvalue weighted by Crippen LogP contribution is 2.25. The van der Waals surface area contributed by atoms with E-state index in [0.717, 1.165) is 6.42 Å². The molecule has 0 unspecified atom stereocenters. The van der Waals surface area contributed by atoms with Crippen LogP contribution in [0.25, 0.3) is 0 Å². The number of carbonyl (C=O) groups is 2. The van der Waals surface area contributed by atoms with Crippen molar-refractivity contribution in [3.63, 3.8) is 0 Å². The Hall–Kier alpha value is -1.91. The fraction of sp³-hybridized carbons (Fsp3) is 0.429. The van der Waals surface area contributed by atoms with E-state index < -0.39 is 17.7 Å². The zero-order valence-electron chi connectivity index (χ0n) is 10.4. The number of carbonyl (C=O) groups excluding carboxylic acids is 1. The first-order chi connectivity index (χ1) is 9.08. The molecule has 0 aromatic heterocycles. The van der Waals surface area contributed by atoms with Crippen LogP contribution in [0.2, 0.25) is 0 Å². The van der Waals surface area contributed by atoms with Crippen molar-refractivity contribution < 1.29 is 19.1 Å². The third-order valence-corrected chi connectivity index (χ3v) is 3.49. The number of halogens is 1. The fourth-order valence-electron chi connectivity index (χ4n) is 2.50. The van der Waals surface area contributed by atoms with Gasteiger partial charge in [0.05, 0.1) is 12.3 Å². The highest BCUT2D eigenvalue weighted by atomic mass is 19.1. The largest absolute Gasteiger partial charge is 0.481 e. The first kappa shape index (κ1) is 13.5. The second-order valence-corrected chi connectivity index (χ2v) is 4.82. The number of nitrogens with one attached hydrogen (secondary N) is 1. The highest BCUT2D eigenvalue weighted by molar-refractivity contribution is 5.80. The van der Waals surface area contributed by atoms with Gasteiger partial charge in [0.25, 0.3) is 0 Å². The van der Waals surface area contributed by atoms with E-state index in [1.807, 2.05) is 0 Å². The number of benzene rings is 1. The molecule has 0 radical (unpaired) electrons. The van der Waals surface area contributed by atoms with Crippen molar-refractivity contribution in [2.45, 2.75) is 31.7 Å². The molecule has 0 aliphatic heterocycles. The van der Waals surface area contributed by atoms with Crippen molar-refractivity contribution in [1.29, 1.82) is 0 Å². The Morgan fingerprint density at radius 1 is 1.32 bits per heavy atom. The summed E-state index contributed by atoms with van der Waals surface area (Å²) in [6, 6.07) is 5.75. The van der Waals surface area contributed by atoms with Crippen LogP contribution >= 0.6 is 0 Å². The summed E-state index contributed by atoms with van der Waals surface area (Å²) >= 11 is 0. The Morgan fingerprint density at radius 3 is 2.74 bits per heavy atom. The van der Waals surface area contributed by atoms with Gasteiger partial charge in [-0.3, -0.25) is 9.59 Å². The normalized spacial score (nSPS) is 22.2. The summed E-state index contributed by atoms with van der Waals surface area (Å²) in [6.07, 6.45) is 1.98. The van der Waals surface area contributed by atoms with E-state index in [0.29, 0.717) is 18.4 Å². The van der Waals surface area contributed by atoms with Crippen LogP contribution in [0.4, 0.5) is 4.39 Å². The lowest BCUT2D eigenvalue weighted by Gasteiger charge is -2.17. The summed E-state index contributed by atoms with van der Waals surface area (Å²) in [5, 5.41) is 11.7. The van der Waals surface area contributed by atoms with E-state index in [9.17, 15) is 14.0 Å². The summed E-state index contributed by atoms with van der Waals surface area (Å²) in [5.74, 6) is -2.15. The lowest BCUT2D eigenvalue weighted by atomic mass is 10.0. The summed E-state index contributed by atoms with van der Waals surface area (Å²) in [4.78, 5) is 22.8. The minimum atomic E-state index is -0.881. The van der Waals surface area contributed by atoms with E-state index in [1.54, 1.807) is 18.2 Å². The zero-order valence-corrected chi connectivity index (χ0v) is 10.4. The molecule has 2 rings (SSSR count).